The third kappa shape index (κ3) is 4.39. The number of nitrogens with zero attached hydrogens (tertiary/aromatic N) is 2. The number of benzene rings is 2. The molecular weight excluding hydrogens is 372 g/mol. The van der Waals surface area contributed by atoms with Gasteiger partial charge in [0, 0.05) is 24.6 Å². The summed E-state index contributed by atoms with van der Waals surface area (Å²) in [7, 11) is 3.37. The van der Waals surface area contributed by atoms with E-state index in [1.165, 1.54) is 17.8 Å². The highest BCUT2D eigenvalue weighted by molar-refractivity contribution is 8.04. The quantitative estimate of drug-likeness (QED) is 0.690. The van der Waals surface area contributed by atoms with E-state index in [4.69, 9.17) is 4.74 Å². The molecule has 28 heavy (non-hydrogen) atoms. The molecule has 146 valence electrons. The number of ether oxygens (including phenoxy) is 1. The standard InChI is InChI=1S/C22H24N2O3S/c1-4-12-23(2)21(25)14-20-22(26)24(18-10-5-6-11-19(18)28-20)15-16-8-7-9-17(13-16)27-3/h5-11,13-14H,4,12,15H2,1-3H3. The summed E-state index contributed by atoms with van der Waals surface area (Å²) in [4.78, 5) is 30.4. The van der Waals surface area contributed by atoms with E-state index in [1.807, 2.05) is 55.5 Å². The molecule has 0 N–H and O–H groups in total. The number of anilines is 1. The molecule has 1 aliphatic heterocycles. The molecule has 0 bridgehead atoms. The molecule has 2 aromatic rings. The first-order chi connectivity index (χ1) is 13.5. The summed E-state index contributed by atoms with van der Waals surface area (Å²) in [6.45, 7) is 3.08. The predicted molar refractivity (Wildman–Crippen MR) is 112 cm³/mol. The first kappa shape index (κ1) is 20.0. The van der Waals surface area contributed by atoms with Crippen LogP contribution < -0.4 is 9.64 Å². The number of thioether (sulfide) groups is 1. The van der Waals surface area contributed by atoms with Crippen LogP contribution in [0, 0.1) is 0 Å². The minimum Gasteiger partial charge on any atom is -0.497 e. The molecule has 2 aromatic carbocycles. The van der Waals surface area contributed by atoms with Crippen molar-refractivity contribution in [3.05, 3.63) is 65.1 Å². The van der Waals surface area contributed by atoms with Gasteiger partial charge in [0.05, 0.1) is 24.2 Å². The Kier molecular flexibility index (Phi) is 6.41. The molecule has 0 saturated carbocycles. The van der Waals surface area contributed by atoms with Gasteiger partial charge in [-0.15, -0.1) is 0 Å². The minimum atomic E-state index is -0.162. The maximum absolute atomic E-state index is 13.2. The van der Waals surface area contributed by atoms with Crippen molar-refractivity contribution < 1.29 is 14.3 Å². The summed E-state index contributed by atoms with van der Waals surface area (Å²) in [5.74, 6) is 0.430. The molecule has 0 saturated heterocycles. The summed E-state index contributed by atoms with van der Waals surface area (Å²) in [5.41, 5.74) is 1.81. The van der Waals surface area contributed by atoms with Gasteiger partial charge in [-0.3, -0.25) is 9.59 Å². The van der Waals surface area contributed by atoms with Crippen LogP contribution >= 0.6 is 11.8 Å². The van der Waals surface area contributed by atoms with Crippen LogP contribution in [0.4, 0.5) is 5.69 Å². The molecule has 0 aliphatic carbocycles. The number of methoxy groups -OCH3 is 1. The van der Waals surface area contributed by atoms with Gasteiger partial charge in [0.2, 0.25) is 5.91 Å². The Morgan fingerprint density at radius 2 is 2.00 bits per heavy atom. The molecule has 1 aliphatic rings. The van der Waals surface area contributed by atoms with Gasteiger partial charge in [-0.05, 0) is 36.2 Å². The number of hydrogen-bond acceptors (Lipinski definition) is 4. The van der Waals surface area contributed by atoms with Crippen LogP contribution in [0.15, 0.2) is 64.4 Å². The van der Waals surface area contributed by atoms with E-state index < -0.39 is 0 Å². The SMILES string of the molecule is CCCN(C)C(=O)C=C1Sc2ccccc2N(Cc2cccc(OC)c2)C1=O. The molecule has 2 amide bonds. The van der Waals surface area contributed by atoms with Crippen LogP contribution in [0.5, 0.6) is 5.75 Å². The van der Waals surface area contributed by atoms with Gasteiger partial charge in [-0.25, -0.2) is 0 Å². The number of para-hydroxylation sites is 1. The van der Waals surface area contributed by atoms with E-state index in [-0.39, 0.29) is 11.8 Å². The van der Waals surface area contributed by atoms with Crippen LogP contribution in [0.3, 0.4) is 0 Å². The molecule has 1 heterocycles. The van der Waals surface area contributed by atoms with Crippen LogP contribution in [-0.4, -0.2) is 37.4 Å². The second-order valence-electron chi connectivity index (χ2n) is 6.58. The van der Waals surface area contributed by atoms with Gasteiger partial charge in [-0.1, -0.05) is 43.0 Å². The molecule has 0 unspecified atom stereocenters. The van der Waals surface area contributed by atoms with Crippen molar-refractivity contribution >= 4 is 29.3 Å². The molecule has 0 fully saturated rings. The summed E-state index contributed by atoms with van der Waals surface area (Å²) in [5, 5.41) is 0. The highest BCUT2D eigenvalue weighted by atomic mass is 32.2. The lowest BCUT2D eigenvalue weighted by atomic mass is 10.1. The summed E-state index contributed by atoms with van der Waals surface area (Å²) < 4.78 is 5.29. The lowest BCUT2D eigenvalue weighted by Gasteiger charge is -2.30. The Hall–Kier alpha value is -2.73. The first-order valence-corrected chi connectivity index (χ1v) is 10.0. The Bertz CT molecular complexity index is 910. The second kappa shape index (κ2) is 8.97. The van der Waals surface area contributed by atoms with Crippen LogP contribution in [0.25, 0.3) is 0 Å². The third-order valence-electron chi connectivity index (χ3n) is 4.50. The van der Waals surface area contributed by atoms with Gasteiger partial charge >= 0.3 is 0 Å². The van der Waals surface area contributed by atoms with Crippen molar-refractivity contribution in [2.75, 3.05) is 25.6 Å². The second-order valence-corrected chi connectivity index (χ2v) is 7.66. The number of carbonyl (C=O) groups excluding carboxylic acids is 2. The number of fused-ring (bicyclic) bond motifs is 1. The van der Waals surface area contributed by atoms with E-state index in [0.29, 0.717) is 18.0 Å². The fraction of sp³-hybridized carbons (Fsp3) is 0.273. The minimum absolute atomic E-state index is 0.154. The monoisotopic (exact) mass is 396 g/mol. The van der Waals surface area contributed by atoms with Crippen molar-refractivity contribution in [1.82, 2.24) is 4.90 Å². The van der Waals surface area contributed by atoms with Gasteiger partial charge < -0.3 is 14.5 Å². The zero-order valence-electron chi connectivity index (χ0n) is 16.3. The van der Waals surface area contributed by atoms with E-state index in [2.05, 4.69) is 0 Å². The van der Waals surface area contributed by atoms with Gasteiger partial charge in [0.1, 0.15) is 5.75 Å². The molecule has 5 nitrogen and oxygen atoms in total. The molecule has 6 heteroatoms. The largest absolute Gasteiger partial charge is 0.497 e. The molecule has 0 radical (unpaired) electrons. The predicted octanol–water partition coefficient (Wildman–Crippen LogP) is 4.09. The van der Waals surface area contributed by atoms with Crippen LogP contribution in [-0.2, 0) is 16.1 Å². The van der Waals surface area contributed by atoms with E-state index in [9.17, 15) is 9.59 Å². The number of rotatable bonds is 6. The van der Waals surface area contributed by atoms with E-state index in [0.717, 1.165) is 28.3 Å². The van der Waals surface area contributed by atoms with Crippen molar-refractivity contribution in [3.8, 4) is 5.75 Å². The lowest BCUT2D eigenvalue weighted by Crippen LogP contribution is -2.35. The fourth-order valence-corrected chi connectivity index (χ4v) is 4.06. The smallest absolute Gasteiger partial charge is 0.265 e. The molecule has 0 atom stereocenters. The maximum atomic E-state index is 13.2. The van der Waals surface area contributed by atoms with Crippen LogP contribution in [0.2, 0.25) is 0 Å². The zero-order chi connectivity index (χ0) is 20.1. The Balaban J connectivity index is 1.94. The average molecular weight is 397 g/mol. The van der Waals surface area contributed by atoms with E-state index in [1.54, 1.807) is 24.0 Å². The first-order valence-electron chi connectivity index (χ1n) is 9.22. The zero-order valence-corrected chi connectivity index (χ0v) is 17.2. The lowest BCUT2D eigenvalue weighted by molar-refractivity contribution is -0.125. The molecular formula is C22H24N2O3S. The topological polar surface area (TPSA) is 49.9 Å². The van der Waals surface area contributed by atoms with Gasteiger partial charge in [0.25, 0.3) is 5.91 Å². The summed E-state index contributed by atoms with van der Waals surface area (Å²) in [6, 6.07) is 15.4. The Morgan fingerprint density at radius 3 is 2.75 bits per heavy atom. The molecule has 0 spiro atoms. The maximum Gasteiger partial charge on any atom is 0.265 e. The Morgan fingerprint density at radius 1 is 1.21 bits per heavy atom. The van der Waals surface area contributed by atoms with Crippen molar-refractivity contribution in [2.45, 2.75) is 24.8 Å². The Labute approximate surface area is 170 Å². The number of carbonyl (C=O) groups is 2. The molecule has 0 aromatic heterocycles. The van der Waals surface area contributed by atoms with Crippen molar-refractivity contribution in [3.63, 3.8) is 0 Å². The fourth-order valence-electron chi connectivity index (χ4n) is 3.04. The van der Waals surface area contributed by atoms with Crippen molar-refractivity contribution in [1.29, 1.82) is 0 Å². The number of amides is 2. The van der Waals surface area contributed by atoms with Gasteiger partial charge in [0.15, 0.2) is 0 Å². The summed E-state index contributed by atoms with van der Waals surface area (Å²) in [6.07, 6.45) is 2.33. The summed E-state index contributed by atoms with van der Waals surface area (Å²) >= 11 is 1.35. The normalized spacial score (nSPS) is 14.8. The van der Waals surface area contributed by atoms with Crippen molar-refractivity contribution in [2.24, 2.45) is 0 Å². The highest BCUT2D eigenvalue weighted by Crippen LogP contribution is 2.42. The van der Waals surface area contributed by atoms with E-state index >= 15 is 0 Å². The van der Waals surface area contributed by atoms with Crippen LogP contribution in [0.1, 0.15) is 18.9 Å². The average Bonchev–Trinajstić information content (AvgIpc) is 2.71. The molecule has 3 rings (SSSR count). The van der Waals surface area contributed by atoms with Gasteiger partial charge in [-0.2, -0.15) is 0 Å². The highest BCUT2D eigenvalue weighted by Gasteiger charge is 2.30. The number of hydrogen-bond donors (Lipinski definition) is 0. The third-order valence-corrected chi connectivity index (χ3v) is 5.57. The number of likely N-dealkylation sites (N-methyl/N-ethyl adjacent to an activating group) is 1.